The van der Waals surface area contributed by atoms with Crippen molar-refractivity contribution in [1.29, 1.82) is 0 Å². The highest BCUT2D eigenvalue weighted by atomic mass is 32.2. The first-order chi connectivity index (χ1) is 4.93. The van der Waals surface area contributed by atoms with Crippen molar-refractivity contribution >= 4 is 11.8 Å². The fraction of sp³-hybridized carbons (Fsp3) is 0.500. The molecule has 0 aliphatic carbocycles. The van der Waals surface area contributed by atoms with Gasteiger partial charge in [0.05, 0.1) is 5.03 Å². The minimum atomic E-state index is 1.16. The lowest BCUT2D eigenvalue weighted by Gasteiger charge is -1.98. The van der Waals surface area contributed by atoms with Gasteiger partial charge in [0, 0.05) is 6.20 Å². The van der Waals surface area contributed by atoms with Gasteiger partial charge in [0.1, 0.15) is 0 Å². The molecule has 1 nitrogen and oxygen atoms in total. The van der Waals surface area contributed by atoms with Gasteiger partial charge in [-0.2, -0.15) is 0 Å². The van der Waals surface area contributed by atoms with E-state index in [1.807, 2.05) is 24.0 Å². The first kappa shape index (κ1) is 7.73. The van der Waals surface area contributed by atoms with Crippen molar-refractivity contribution < 1.29 is 0 Å². The van der Waals surface area contributed by atoms with Crippen molar-refractivity contribution in [3.63, 3.8) is 0 Å². The van der Waals surface area contributed by atoms with E-state index in [-0.39, 0.29) is 0 Å². The Morgan fingerprint density at radius 1 is 1.60 bits per heavy atom. The molecule has 0 atom stereocenters. The van der Waals surface area contributed by atoms with E-state index in [0.29, 0.717) is 0 Å². The van der Waals surface area contributed by atoms with Gasteiger partial charge in [-0.05, 0) is 24.3 Å². The molecule has 0 bridgehead atoms. The normalized spacial score (nSPS) is 15.1. The van der Waals surface area contributed by atoms with Gasteiger partial charge in [-0.15, -0.1) is 11.8 Å². The molecule has 0 spiro atoms. The van der Waals surface area contributed by atoms with Gasteiger partial charge in [-0.25, -0.2) is 5.32 Å². The average molecular weight is 154 g/mol. The van der Waals surface area contributed by atoms with Crippen molar-refractivity contribution in [2.24, 2.45) is 0 Å². The van der Waals surface area contributed by atoms with Gasteiger partial charge in [0.2, 0.25) is 0 Å². The van der Waals surface area contributed by atoms with Gasteiger partial charge in [0.15, 0.2) is 0 Å². The van der Waals surface area contributed by atoms with Crippen LogP contribution < -0.4 is 5.32 Å². The van der Waals surface area contributed by atoms with Crippen LogP contribution in [0.1, 0.15) is 19.8 Å². The van der Waals surface area contributed by atoms with Gasteiger partial charge in [-0.3, -0.25) is 0 Å². The maximum atomic E-state index is 4.15. The molecular formula is C8H12NS. The molecule has 1 radical (unpaired) electrons. The molecule has 1 heterocycles. The Labute approximate surface area is 66.6 Å². The number of rotatable bonds is 4. The molecule has 0 N–H and O–H groups in total. The Bertz CT molecular complexity index is 149. The summed E-state index contributed by atoms with van der Waals surface area (Å²) in [7, 11) is 0. The molecule has 1 rings (SSSR count). The first-order valence-corrected chi connectivity index (χ1v) is 4.62. The summed E-state index contributed by atoms with van der Waals surface area (Å²) in [6.45, 7) is 2.21. The summed E-state index contributed by atoms with van der Waals surface area (Å²) >= 11 is 1.84. The second-order valence-corrected chi connectivity index (χ2v) is 3.29. The second kappa shape index (κ2) is 4.45. The van der Waals surface area contributed by atoms with Crippen LogP contribution in [0.5, 0.6) is 0 Å². The fourth-order valence-electron chi connectivity index (χ4n) is 0.691. The zero-order valence-corrected chi connectivity index (χ0v) is 7.03. The molecule has 10 heavy (non-hydrogen) atoms. The molecule has 0 aromatic rings. The number of thioether (sulfide) groups is 1. The second-order valence-electron chi connectivity index (χ2n) is 2.18. The van der Waals surface area contributed by atoms with Crippen molar-refractivity contribution in [3.05, 3.63) is 23.4 Å². The quantitative estimate of drug-likeness (QED) is 0.567. The SMILES string of the molecule is CCCCSC1=CC=C[N]1. The van der Waals surface area contributed by atoms with Crippen LogP contribution in [0.2, 0.25) is 0 Å². The van der Waals surface area contributed by atoms with Crippen LogP contribution in [0, 0.1) is 0 Å². The van der Waals surface area contributed by atoms with Gasteiger partial charge < -0.3 is 0 Å². The van der Waals surface area contributed by atoms with Crippen LogP contribution in [0.15, 0.2) is 23.4 Å². The lowest BCUT2D eigenvalue weighted by atomic mass is 10.4. The molecule has 55 valence electrons. The third-order valence-corrected chi connectivity index (χ3v) is 2.30. The Kier molecular flexibility index (Phi) is 3.44. The Morgan fingerprint density at radius 3 is 3.10 bits per heavy atom. The average Bonchev–Trinajstić information content (AvgIpc) is 2.41. The third-order valence-electron chi connectivity index (χ3n) is 1.27. The summed E-state index contributed by atoms with van der Waals surface area (Å²) < 4.78 is 0. The molecule has 0 unspecified atom stereocenters. The molecule has 0 aromatic heterocycles. The van der Waals surface area contributed by atoms with E-state index in [4.69, 9.17) is 0 Å². The molecule has 0 saturated heterocycles. The Hall–Kier alpha value is -0.370. The lowest BCUT2D eigenvalue weighted by Crippen LogP contribution is -1.88. The minimum Gasteiger partial charge on any atom is -0.250 e. The fourth-order valence-corrected chi connectivity index (χ4v) is 1.64. The lowest BCUT2D eigenvalue weighted by molar-refractivity contribution is 0.896. The minimum absolute atomic E-state index is 1.16. The zero-order chi connectivity index (χ0) is 7.23. The zero-order valence-electron chi connectivity index (χ0n) is 6.21. The van der Waals surface area contributed by atoms with E-state index in [1.54, 1.807) is 0 Å². The summed E-state index contributed by atoms with van der Waals surface area (Å²) in [6.07, 6.45) is 8.44. The number of hydrogen-bond donors (Lipinski definition) is 0. The number of allylic oxidation sites excluding steroid dienone is 2. The first-order valence-electron chi connectivity index (χ1n) is 3.64. The largest absolute Gasteiger partial charge is 0.250 e. The number of hydrogen-bond acceptors (Lipinski definition) is 1. The summed E-state index contributed by atoms with van der Waals surface area (Å²) in [6, 6.07) is 0. The Morgan fingerprint density at radius 2 is 2.50 bits per heavy atom. The highest BCUT2D eigenvalue weighted by Gasteiger charge is 1.98. The maximum absolute atomic E-state index is 4.15. The Balaban J connectivity index is 2.04. The van der Waals surface area contributed by atoms with E-state index in [9.17, 15) is 0 Å². The van der Waals surface area contributed by atoms with Crippen LogP contribution in [0.25, 0.3) is 0 Å². The van der Waals surface area contributed by atoms with Crippen LogP contribution in [-0.2, 0) is 0 Å². The van der Waals surface area contributed by atoms with E-state index >= 15 is 0 Å². The summed E-state index contributed by atoms with van der Waals surface area (Å²) in [5.74, 6) is 1.20. The molecule has 0 aromatic carbocycles. The van der Waals surface area contributed by atoms with Crippen molar-refractivity contribution in [2.45, 2.75) is 19.8 Å². The monoisotopic (exact) mass is 154 g/mol. The van der Waals surface area contributed by atoms with Crippen LogP contribution in [0.3, 0.4) is 0 Å². The van der Waals surface area contributed by atoms with Gasteiger partial charge in [0.25, 0.3) is 0 Å². The smallest absolute Gasteiger partial charge is 0.0960 e. The van der Waals surface area contributed by atoms with E-state index in [0.717, 1.165) is 5.03 Å². The third kappa shape index (κ3) is 2.48. The molecule has 1 aliphatic heterocycles. The van der Waals surface area contributed by atoms with Crippen LogP contribution >= 0.6 is 11.8 Å². The van der Waals surface area contributed by atoms with Gasteiger partial charge in [-0.1, -0.05) is 13.3 Å². The van der Waals surface area contributed by atoms with Crippen LogP contribution in [0.4, 0.5) is 0 Å². The van der Waals surface area contributed by atoms with Gasteiger partial charge >= 0.3 is 0 Å². The van der Waals surface area contributed by atoms with Crippen molar-refractivity contribution in [2.75, 3.05) is 5.75 Å². The summed E-state index contributed by atoms with van der Waals surface area (Å²) in [4.78, 5) is 0. The van der Waals surface area contributed by atoms with E-state index in [2.05, 4.69) is 18.3 Å². The highest BCUT2D eigenvalue weighted by molar-refractivity contribution is 8.03. The highest BCUT2D eigenvalue weighted by Crippen LogP contribution is 2.18. The number of unbranched alkanes of at least 4 members (excludes halogenated alkanes) is 1. The van der Waals surface area contributed by atoms with Crippen molar-refractivity contribution in [1.82, 2.24) is 5.32 Å². The molecule has 1 aliphatic rings. The predicted molar refractivity (Wildman–Crippen MR) is 46.7 cm³/mol. The topological polar surface area (TPSA) is 14.1 Å². The maximum Gasteiger partial charge on any atom is 0.0960 e. The van der Waals surface area contributed by atoms with Crippen molar-refractivity contribution in [3.8, 4) is 0 Å². The predicted octanol–water partition coefficient (Wildman–Crippen LogP) is 2.49. The number of nitrogens with zero attached hydrogens (tertiary/aromatic N) is 1. The summed E-state index contributed by atoms with van der Waals surface area (Å²) in [5, 5.41) is 5.31. The standard InChI is InChI=1S/C8H12NS/c1-2-3-7-10-8-5-4-6-9-8/h4-6H,2-3,7H2,1H3. The van der Waals surface area contributed by atoms with Crippen LogP contribution in [-0.4, -0.2) is 5.75 Å². The van der Waals surface area contributed by atoms with E-state index in [1.165, 1.54) is 18.6 Å². The summed E-state index contributed by atoms with van der Waals surface area (Å²) in [5.41, 5.74) is 0. The molecule has 0 amide bonds. The van der Waals surface area contributed by atoms with E-state index < -0.39 is 0 Å². The molecule has 0 saturated carbocycles. The molecule has 0 fully saturated rings. The molecular weight excluding hydrogens is 142 g/mol. The molecule has 2 heteroatoms.